The van der Waals surface area contributed by atoms with Crippen LogP contribution in [0.3, 0.4) is 0 Å². The summed E-state index contributed by atoms with van der Waals surface area (Å²) in [4.78, 5) is 10.6. The van der Waals surface area contributed by atoms with E-state index in [2.05, 4.69) is 11.8 Å². The van der Waals surface area contributed by atoms with E-state index in [0.717, 1.165) is 0 Å². The number of aliphatic carboxylic acids is 1. The van der Waals surface area contributed by atoms with Crippen LogP contribution in [0.5, 0.6) is 0 Å². The molecule has 0 fully saturated rings. The van der Waals surface area contributed by atoms with Crippen molar-refractivity contribution in [3.05, 3.63) is 34.3 Å². The van der Waals surface area contributed by atoms with Gasteiger partial charge in [-0.15, -0.1) is 0 Å². The highest BCUT2D eigenvalue weighted by atomic mass is 35.5. The second kappa shape index (κ2) is 6.16. The van der Waals surface area contributed by atoms with Crippen molar-refractivity contribution < 1.29 is 15.0 Å². The molecule has 0 saturated heterocycles. The summed E-state index contributed by atoms with van der Waals surface area (Å²) in [6, 6.07) is 5.00. The Kier molecular flexibility index (Phi) is 4.84. The number of aliphatic hydroxyl groups is 1. The van der Waals surface area contributed by atoms with Gasteiger partial charge in [0.25, 0.3) is 0 Å². The van der Waals surface area contributed by atoms with E-state index in [1.807, 2.05) is 0 Å². The molecule has 84 valence electrons. The van der Waals surface area contributed by atoms with Crippen molar-refractivity contribution in [2.75, 3.05) is 6.61 Å². The predicted molar refractivity (Wildman–Crippen MR) is 61.4 cm³/mol. The van der Waals surface area contributed by atoms with Gasteiger partial charge in [-0.3, -0.25) is 4.79 Å². The zero-order valence-electron chi connectivity index (χ0n) is 8.53. The summed E-state index contributed by atoms with van der Waals surface area (Å²) in [5, 5.41) is 17.7. The quantitative estimate of drug-likeness (QED) is 0.788. The van der Waals surface area contributed by atoms with E-state index in [9.17, 15) is 4.79 Å². The molecule has 1 rings (SSSR count). The summed E-state index contributed by atoms with van der Waals surface area (Å²) in [6.45, 7) is 0.0164. The van der Waals surface area contributed by atoms with E-state index in [4.69, 9.17) is 21.8 Å². The van der Waals surface area contributed by atoms with Gasteiger partial charge in [0.15, 0.2) is 0 Å². The van der Waals surface area contributed by atoms with Crippen molar-refractivity contribution in [2.45, 2.75) is 12.8 Å². The minimum Gasteiger partial charge on any atom is -0.481 e. The zero-order valence-corrected chi connectivity index (χ0v) is 9.29. The smallest absolute Gasteiger partial charge is 0.307 e. The number of rotatable bonds is 3. The fraction of sp³-hybridized carbons (Fsp3) is 0.250. The topological polar surface area (TPSA) is 57.5 Å². The van der Waals surface area contributed by atoms with E-state index >= 15 is 0 Å². The molecule has 1 aromatic rings. The van der Waals surface area contributed by atoms with Crippen molar-refractivity contribution in [3.63, 3.8) is 0 Å². The lowest BCUT2D eigenvalue weighted by Gasteiger charge is -2.01. The molecular formula is C12H11ClO3. The van der Waals surface area contributed by atoms with Crippen LogP contribution in [-0.4, -0.2) is 22.8 Å². The van der Waals surface area contributed by atoms with E-state index in [-0.39, 0.29) is 13.0 Å². The first-order chi connectivity index (χ1) is 7.63. The van der Waals surface area contributed by atoms with Gasteiger partial charge in [0.2, 0.25) is 0 Å². The summed E-state index contributed by atoms with van der Waals surface area (Å²) in [6.07, 6.45) is 0.283. The summed E-state index contributed by atoms with van der Waals surface area (Å²) in [7, 11) is 0. The van der Waals surface area contributed by atoms with Gasteiger partial charge in [-0.25, -0.2) is 0 Å². The summed E-state index contributed by atoms with van der Waals surface area (Å²) in [5.41, 5.74) is 1.25. The minimum absolute atomic E-state index is 0.0164. The molecule has 0 radical (unpaired) electrons. The van der Waals surface area contributed by atoms with Gasteiger partial charge in [-0.1, -0.05) is 23.4 Å². The Labute approximate surface area is 98.7 Å². The van der Waals surface area contributed by atoms with Crippen LogP contribution in [0, 0.1) is 11.8 Å². The number of aliphatic hydroxyl groups excluding tert-OH is 1. The maximum atomic E-state index is 10.6. The summed E-state index contributed by atoms with van der Waals surface area (Å²) in [5.74, 6) is 4.66. The summed E-state index contributed by atoms with van der Waals surface area (Å²) < 4.78 is 0. The Hall–Kier alpha value is -1.50. The Bertz CT molecular complexity index is 443. The molecule has 1 aromatic carbocycles. The van der Waals surface area contributed by atoms with E-state index in [1.54, 1.807) is 18.2 Å². The van der Waals surface area contributed by atoms with Crippen molar-refractivity contribution >= 4 is 17.6 Å². The van der Waals surface area contributed by atoms with Gasteiger partial charge >= 0.3 is 5.97 Å². The van der Waals surface area contributed by atoms with Crippen LogP contribution in [0.1, 0.15) is 17.5 Å². The molecule has 0 bridgehead atoms. The number of carbonyl (C=O) groups is 1. The summed E-state index contributed by atoms with van der Waals surface area (Å²) >= 11 is 5.85. The SMILES string of the molecule is O=C(O)Cc1cc(C#CCCO)ccc1Cl. The first kappa shape index (κ1) is 12.6. The molecule has 0 aliphatic carbocycles. The molecule has 0 spiro atoms. The fourth-order valence-electron chi connectivity index (χ4n) is 1.17. The first-order valence-electron chi connectivity index (χ1n) is 4.73. The third-order valence-corrected chi connectivity index (χ3v) is 2.23. The molecule has 0 atom stereocenters. The third-order valence-electron chi connectivity index (χ3n) is 1.86. The molecule has 0 aromatic heterocycles. The molecular weight excluding hydrogens is 228 g/mol. The van der Waals surface area contributed by atoms with Crippen LogP contribution in [-0.2, 0) is 11.2 Å². The zero-order chi connectivity index (χ0) is 12.0. The van der Waals surface area contributed by atoms with Gasteiger partial charge in [0.1, 0.15) is 0 Å². The molecule has 0 aliphatic heterocycles. The lowest BCUT2D eigenvalue weighted by molar-refractivity contribution is -0.136. The minimum atomic E-state index is -0.928. The monoisotopic (exact) mass is 238 g/mol. The van der Waals surface area contributed by atoms with Crippen molar-refractivity contribution in [3.8, 4) is 11.8 Å². The molecule has 0 amide bonds. The van der Waals surface area contributed by atoms with Gasteiger partial charge in [0, 0.05) is 17.0 Å². The van der Waals surface area contributed by atoms with Gasteiger partial charge < -0.3 is 10.2 Å². The molecule has 3 nitrogen and oxygen atoms in total. The van der Waals surface area contributed by atoms with Crippen LogP contribution < -0.4 is 0 Å². The normalized spacial score (nSPS) is 9.38. The lowest BCUT2D eigenvalue weighted by Crippen LogP contribution is -2.00. The standard InChI is InChI=1S/C12H11ClO3/c13-11-5-4-9(3-1-2-6-14)7-10(11)8-12(15)16/h4-5,7,14H,2,6,8H2,(H,15,16). The Morgan fingerprint density at radius 2 is 2.19 bits per heavy atom. The Morgan fingerprint density at radius 3 is 2.81 bits per heavy atom. The second-order valence-corrected chi connectivity index (χ2v) is 3.56. The molecule has 0 aliphatic rings. The van der Waals surface area contributed by atoms with Crippen LogP contribution in [0.15, 0.2) is 18.2 Å². The van der Waals surface area contributed by atoms with Crippen LogP contribution in [0.25, 0.3) is 0 Å². The van der Waals surface area contributed by atoms with Crippen molar-refractivity contribution in [1.82, 2.24) is 0 Å². The van der Waals surface area contributed by atoms with Crippen molar-refractivity contribution in [1.29, 1.82) is 0 Å². The Balaban J connectivity index is 2.90. The van der Waals surface area contributed by atoms with Crippen LogP contribution in [0.2, 0.25) is 5.02 Å². The second-order valence-electron chi connectivity index (χ2n) is 3.15. The molecule has 4 heteroatoms. The van der Waals surface area contributed by atoms with Gasteiger partial charge in [0.05, 0.1) is 13.0 Å². The fourth-order valence-corrected chi connectivity index (χ4v) is 1.36. The molecule has 0 saturated carbocycles. The van der Waals surface area contributed by atoms with Crippen LogP contribution >= 0.6 is 11.6 Å². The Morgan fingerprint density at radius 1 is 1.44 bits per heavy atom. The van der Waals surface area contributed by atoms with E-state index in [1.165, 1.54) is 0 Å². The first-order valence-corrected chi connectivity index (χ1v) is 5.11. The number of carboxylic acid groups (broad SMARTS) is 1. The average molecular weight is 239 g/mol. The van der Waals surface area contributed by atoms with Crippen molar-refractivity contribution in [2.24, 2.45) is 0 Å². The highest BCUT2D eigenvalue weighted by Crippen LogP contribution is 2.17. The molecule has 2 N–H and O–H groups in total. The number of hydrogen-bond acceptors (Lipinski definition) is 2. The maximum Gasteiger partial charge on any atom is 0.307 e. The van der Waals surface area contributed by atoms with E-state index < -0.39 is 5.97 Å². The molecule has 0 unspecified atom stereocenters. The maximum absolute atomic E-state index is 10.6. The van der Waals surface area contributed by atoms with Crippen LogP contribution in [0.4, 0.5) is 0 Å². The largest absolute Gasteiger partial charge is 0.481 e. The van der Waals surface area contributed by atoms with Gasteiger partial charge in [-0.05, 0) is 23.8 Å². The number of hydrogen-bond donors (Lipinski definition) is 2. The average Bonchev–Trinajstić information content (AvgIpc) is 2.22. The third kappa shape index (κ3) is 3.93. The van der Waals surface area contributed by atoms with E-state index in [0.29, 0.717) is 22.6 Å². The van der Waals surface area contributed by atoms with Gasteiger partial charge in [-0.2, -0.15) is 0 Å². The number of carboxylic acids is 1. The molecule has 0 heterocycles. The highest BCUT2D eigenvalue weighted by molar-refractivity contribution is 6.31. The number of benzene rings is 1. The molecule has 16 heavy (non-hydrogen) atoms. The highest BCUT2D eigenvalue weighted by Gasteiger charge is 2.05. The number of halogens is 1. The predicted octanol–water partition coefficient (Wildman–Crippen LogP) is 1.70. The lowest BCUT2D eigenvalue weighted by atomic mass is 10.1.